The summed E-state index contributed by atoms with van der Waals surface area (Å²) >= 11 is 0. The van der Waals surface area contributed by atoms with Crippen LogP contribution in [0.15, 0.2) is 0 Å². The summed E-state index contributed by atoms with van der Waals surface area (Å²) in [7, 11) is 1.95. The molecule has 0 aliphatic carbocycles. The molecule has 1 N–H and O–H groups in total. The Morgan fingerprint density at radius 2 is 1.78 bits per heavy atom. The predicted molar refractivity (Wildman–Crippen MR) is 75.7 cm³/mol. The van der Waals surface area contributed by atoms with Crippen LogP contribution in [-0.2, 0) is 4.79 Å². The van der Waals surface area contributed by atoms with E-state index >= 15 is 0 Å². The largest absolute Gasteiger partial charge is 0.341 e. The van der Waals surface area contributed by atoms with E-state index in [2.05, 4.69) is 37.9 Å². The van der Waals surface area contributed by atoms with Crippen molar-refractivity contribution in [2.24, 2.45) is 0 Å². The normalized spacial score (nSPS) is 18.1. The van der Waals surface area contributed by atoms with E-state index in [1.54, 1.807) is 0 Å². The molecule has 1 amide bonds. The van der Waals surface area contributed by atoms with Gasteiger partial charge in [0.05, 0.1) is 5.54 Å². The van der Waals surface area contributed by atoms with Crippen LogP contribution in [0.1, 0.15) is 40.5 Å². The van der Waals surface area contributed by atoms with Gasteiger partial charge in [-0.25, -0.2) is 0 Å². The maximum Gasteiger partial charge on any atom is 0.242 e. The summed E-state index contributed by atoms with van der Waals surface area (Å²) in [6.45, 7) is 12.3. The lowest BCUT2D eigenvalue weighted by Crippen LogP contribution is -2.61. The third-order valence-corrected chi connectivity index (χ3v) is 4.24. The van der Waals surface area contributed by atoms with Gasteiger partial charge in [-0.3, -0.25) is 9.69 Å². The number of piperazine rings is 1. The molecule has 1 rings (SSSR count). The first-order valence-electron chi connectivity index (χ1n) is 7.18. The summed E-state index contributed by atoms with van der Waals surface area (Å²) in [5, 5.41) is 3.33. The van der Waals surface area contributed by atoms with E-state index in [-0.39, 0.29) is 11.4 Å². The molecule has 1 heterocycles. The minimum Gasteiger partial charge on any atom is -0.341 e. The summed E-state index contributed by atoms with van der Waals surface area (Å²) in [5.41, 5.74) is -0.389. The van der Waals surface area contributed by atoms with Gasteiger partial charge in [0.15, 0.2) is 0 Å². The van der Waals surface area contributed by atoms with Gasteiger partial charge in [-0.15, -0.1) is 0 Å². The number of nitrogens with one attached hydrogen (secondary N) is 1. The smallest absolute Gasteiger partial charge is 0.242 e. The van der Waals surface area contributed by atoms with E-state index in [0.717, 1.165) is 39.0 Å². The molecule has 4 nitrogen and oxygen atoms in total. The van der Waals surface area contributed by atoms with Crippen LogP contribution in [0.3, 0.4) is 0 Å². The van der Waals surface area contributed by atoms with Crippen molar-refractivity contribution in [3.63, 3.8) is 0 Å². The molecular weight excluding hydrogens is 226 g/mol. The second kappa shape index (κ2) is 6.53. The van der Waals surface area contributed by atoms with Crippen LogP contribution in [0, 0.1) is 0 Å². The highest BCUT2D eigenvalue weighted by Gasteiger charge is 2.38. The number of carbonyl (C=O) groups excluding carboxylic acids is 1. The molecule has 0 spiro atoms. The SMILES string of the molecule is CCC(CC)N(C)C(=O)C(C)(C)N1CCNCC1. The molecule has 0 aromatic rings. The molecule has 0 unspecified atom stereocenters. The molecule has 0 atom stereocenters. The first kappa shape index (κ1) is 15.4. The van der Waals surface area contributed by atoms with Gasteiger partial charge in [-0.05, 0) is 26.7 Å². The maximum atomic E-state index is 12.7. The number of rotatable bonds is 5. The van der Waals surface area contributed by atoms with Gasteiger partial charge >= 0.3 is 0 Å². The van der Waals surface area contributed by atoms with Gasteiger partial charge in [0.1, 0.15) is 0 Å². The third kappa shape index (κ3) is 3.23. The van der Waals surface area contributed by atoms with Gasteiger partial charge in [0.2, 0.25) is 5.91 Å². The second-order valence-electron chi connectivity index (χ2n) is 5.68. The molecule has 1 fully saturated rings. The predicted octanol–water partition coefficient (Wildman–Crippen LogP) is 1.32. The molecule has 106 valence electrons. The van der Waals surface area contributed by atoms with Crippen LogP contribution in [0.2, 0.25) is 0 Å². The highest BCUT2D eigenvalue weighted by Crippen LogP contribution is 2.20. The topological polar surface area (TPSA) is 35.6 Å². The Balaban J connectivity index is 2.73. The Kier molecular flexibility index (Phi) is 5.60. The minimum absolute atomic E-state index is 0.248. The van der Waals surface area contributed by atoms with Crippen LogP contribution >= 0.6 is 0 Å². The van der Waals surface area contributed by atoms with E-state index in [4.69, 9.17) is 0 Å². The van der Waals surface area contributed by atoms with Gasteiger partial charge in [0, 0.05) is 39.3 Å². The molecule has 1 aliphatic heterocycles. The average molecular weight is 255 g/mol. The van der Waals surface area contributed by atoms with E-state index < -0.39 is 0 Å². The second-order valence-corrected chi connectivity index (χ2v) is 5.68. The molecular formula is C14H29N3O. The molecule has 1 saturated heterocycles. The van der Waals surface area contributed by atoms with Crippen molar-refractivity contribution < 1.29 is 4.79 Å². The van der Waals surface area contributed by atoms with Gasteiger partial charge in [-0.2, -0.15) is 0 Å². The van der Waals surface area contributed by atoms with Crippen LogP contribution in [0.25, 0.3) is 0 Å². The van der Waals surface area contributed by atoms with Crippen molar-refractivity contribution >= 4 is 5.91 Å². The zero-order chi connectivity index (χ0) is 13.8. The number of likely N-dealkylation sites (N-methyl/N-ethyl adjacent to an activating group) is 1. The fraction of sp³-hybridized carbons (Fsp3) is 0.929. The van der Waals surface area contributed by atoms with Crippen molar-refractivity contribution in [2.45, 2.75) is 52.1 Å². The van der Waals surface area contributed by atoms with Crippen LogP contribution in [0.5, 0.6) is 0 Å². The average Bonchev–Trinajstić information content (AvgIpc) is 2.40. The minimum atomic E-state index is -0.389. The first-order chi connectivity index (χ1) is 8.45. The van der Waals surface area contributed by atoms with Crippen molar-refractivity contribution in [1.82, 2.24) is 15.1 Å². The van der Waals surface area contributed by atoms with Crippen molar-refractivity contribution in [2.75, 3.05) is 33.2 Å². The summed E-state index contributed by atoms with van der Waals surface area (Å²) in [5.74, 6) is 0.248. The van der Waals surface area contributed by atoms with Crippen molar-refractivity contribution in [3.8, 4) is 0 Å². The molecule has 0 bridgehead atoms. The molecule has 18 heavy (non-hydrogen) atoms. The fourth-order valence-electron chi connectivity index (χ4n) is 2.79. The Labute approximate surface area is 112 Å². The molecule has 4 heteroatoms. The summed E-state index contributed by atoms with van der Waals surface area (Å²) < 4.78 is 0. The van der Waals surface area contributed by atoms with Crippen molar-refractivity contribution in [3.05, 3.63) is 0 Å². The van der Waals surface area contributed by atoms with Gasteiger partial charge in [-0.1, -0.05) is 13.8 Å². The molecule has 0 aromatic heterocycles. The highest BCUT2D eigenvalue weighted by atomic mass is 16.2. The number of carbonyl (C=O) groups is 1. The third-order valence-electron chi connectivity index (χ3n) is 4.24. The number of nitrogens with zero attached hydrogens (tertiary/aromatic N) is 2. The summed E-state index contributed by atoms with van der Waals surface area (Å²) in [6, 6.07) is 0.361. The quantitative estimate of drug-likeness (QED) is 0.805. The van der Waals surface area contributed by atoms with Crippen molar-refractivity contribution in [1.29, 1.82) is 0 Å². The van der Waals surface area contributed by atoms with E-state index in [0.29, 0.717) is 6.04 Å². The number of hydrogen-bond donors (Lipinski definition) is 1. The highest BCUT2D eigenvalue weighted by molar-refractivity contribution is 5.85. The monoisotopic (exact) mass is 255 g/mol. The molecule has 1 aliphatic rings. The summed E-state index contributed by atoms with van der Waals surface area (Å²) in [4.78, 5) is 16.9. The fourth-order valence-corrected chi connectivity index (χ4v) is 2.79. The van der Waals surface area contributed by atoms with E-state index in [1.807, 2.05) is 11.9 Å². The Morgan fingerprint density at radius 3 is 2.22 bits per heavy atom. The standard InChI is InChI=1S/C14H29N3O/c1-6-12(7-2)16(5)13(18)14(3,4)17-10-8-15-9-11-17/h12,15H,6-11H2,1-5H3. The van der Waals surface area contributed by atoms with Crippen LogP contribution in [0.4, 0.5) is 0 Å². The van der Waals surface area contributed by atoms with Gasteiger partial charge in [0.25, 0.3) is 0 Å². The van der Waals surface area contributed by atoms with Crippen LogP contribution < -0.4 is 5.32 Å². The number of amides is 1. The lowest BCUT2D eigenvalue weighted by molar-refractivity contribution is -0.144. The zero-order valence-electron chi connectivity index (χ0n) is 12.6. The van der Waals surface area contributed by atoms with Gasteiger partial charge < -0.3 is 10.2 Å². The Hall–Kier alpha value is -0.610. The van der Waals surface area contributed by atoms with Crippen LogP contribution in [-0.4, -0.2) is 60.5 Å². The van der Waals surface area contributed by atoms with E-state index in [1.165, 1.54) is 0 Å². The first-order valence-corrected chi connectivity index (χ1v) is 7.18. The number of hydrogen-bond acceptors (Lipinski definition) is 3. The lowest BCUT2D eigenvalue weighted by Gasteiger charge is -2.43. The summed E-state index contributed by atoms with van der Waals surface area (Å²) in [6.07, 6.45) is 2.05. The zero-order valence-corrected chi connectivity index (χ0v) is 12.6. The Bertz CT molecular complexity index is 268. The molecule has 0 radical (unpaired) electrons. The van der Waals surface area contributed by atoms with E-state index in [9.17, 15) is 4.79 Å². The molecule has 0 aromatic carbocycles. The molecule has 0 saturated carbocycles. The Morgan fingerprint density at radius 1 is 1.28 bits per heavy atom. The maximum absolute atomic E-state index is 12.7. The lowest BCUT2D eigenvalue weighted by atomic mass is 9.98.